The third kappa shape index (κ3) is 7.63. The van der Waals surface area contributed by atoms with Crippen molar-refractivity contribution in [2.24, 2.45) is 11.8 Å². The third-order valence-corrected chi connectivity index (χ3v) is 10.5. The van der Waals surface area contributed by atoms with Crippen LogP contribution in [0.3, 0.4) is 0 Å². The van der Waals surface area contributed by atoms with Crippen LogP contribution in [-0.4, -0.2) is 19.1 Å². The molecule has 6 heteroatoms. The molecule has 0 aliphatic heterocycles. The maximum Gasteiger partial charge on any atom is 0.269 e. The van der Waals surface area contributed by atoms with Crippen molar-refractivity contribution in [3.8, 4) is 39.8 Å². The minimum atomic E-state index is -1.69. The zero-order valence-corrected chi connectivity index (χ0v) is 34.7. The van der Waals surface area contributed by atoms with Crippen LogP contribution in [0.1, 0.15) is 70.6 Å². The van der Waals surface area contributed by atoms with Crippen molar-refractivity contribution in [2.75, 3.05) is 0 Å². The third-order valence-electron chi connectivity index (χ3n) is 10.5. The van der Waals surface area contributed by atoms with Gasteiger partial charge in [0.05, 0.1) is 39.6 Å². The van der Waals surface area contributed by atoms with Crippen LogP contribution >= 0.6 is 0 Å². The van der Waals surface area contributed by atoms with Crippen molar-refractivity contribution in [1.82, 2.24) is 19.1 Å². The quantitative estimate of drug-likeness (QED) is 0.103. The summed E-state index contributed by atoms with van der Waals surface area (Å²) in [4.78, 5) is 9.52. The van der Waals surface area contributed by atoms with Gasteiger partial charge in [-0.25, -0.2) is 4.98 Å². The highest BCUT2D eigenvalue weighted by Gasteiger charge is 2.20. The van der Waals surface area contributed by atoms with E-state index in [4.69, 9.17) is 15.2 Å². The standard InChI is InChI=1S/C53H51N5O/c1-35(2)23-37-25-38(24-36(3)4)27-42(26-37)56-34-57(50-16-12-11-15-49(50)56)43-30-45(33-54-32-43)59-44-18-19-46-47-28-40(39-13-9-8-10-14-39)17-20-48(47)58(51(46)31-44)52-29-41(21-22-55-52)53(5,6)7/h8-22,25-33,35-36H,23-24H2,1-7H3/i23D2,24D2. The second-order valence-electron chi connectivity index (χ2n) is 16.9. The number of para-hydroxylation sites is 2. The highest BCUT2D eigenvalue weighted by atomic mass is 16.5. The van der Waals surface area contributed by atoms with Gasteiger partial charge in [-0.3, -0.25) is 18.7 Å². The Kier molecular flexibility index (Phi) is 8.69. The van der Waals surface area contributed by atoms with Gasteiger partial charge in [-0.2, -0.15) is 0 Å². The highest BCUT2D eigenvalue weighted by Crippen LogP contribution is 2.38. The fourth-order valence-electron chi connectivity index (χ4n) is 7.87. The second kappa shape index (κ2) is 15.3. The second-order valence-corrected chi connectivity index (χ2v) is 16.9. The number of rotatable bonds is 10. The Hall–Kier alpha value is -6.53. The summed E-state index contributed by atoms with van der Waals surface area (Å²) in [5.41, 5.74) is 9.27. The van der Waals surface area contributed by atoms with Gasteiger partial charge in [0.25, 0.3) is 6.33 Å². The van der Waals surface area contributed by atoms with Gasteiger partial charge in [0.2, 0.25) is 0 Å². The van der Waals surface area contributed by atoms with Gasteiger partial charge >= 0.3 is 0 Å². The topological polar surface area (TPSA) is 48.8 Å². The molecule has 0 fully saturated rings. The lowest BCUT2D eigenvalue weighted by molar-refractivity contribution is -0.572. The molecule has 0 saturated heterocycles. The van der Waals surface area contributed by atoms with Crippen molar-refractivity contribution in [3.05, 3.63) is 169 Å². The molecule has 4 heterocycles. The van der Waals surface area contributed by atoms with Crippen molar-refractivity contribution < 1.29 is 14.8 Å². The van der Waals surface area contributed by atoms with E-state index in [1.807, 2.05) is 97.6 Å². The van der Waals surface area contributed by atoms with E-state index in [1.54, 1.807) is 18.5 Å². The summed E-state index contributed by atoms with van der Waals surface area (Å²) in [5, 5.41) is 2.20. The molecule has 0 amide bonds. The number of hydrogen-bond acceptors (Lipinski definition) is 3. The molecule has 0 N–H and O–H groups in total. The molecule has 0 radical (unpaired) electrons. The lowest BCUT2D eigenvalue weighted by Crippen LogP contribution is -2.30. The maximum absolute atomic E-state index is 9.00. The van der Waals surface area contributed by atoms with E-state index in [-0.39, 0.29) is 17.3 Å². The smallest absolute Gasteiger partial charge is 0.269 e. The summed E-state index contributed by atoms with van der Waals surface area (Å²) in [6.07, 6.45) is 5.47. The fraction of sp³-hybridized carbons (Fsp3) is 0.226. The van der Waals surface area contributed by atoms with E-state index < -0.39 is 12.7 Å². The average Bonchev–Trinajstić information content (AvgIpc) is 3.82. The minimum absolute atomic E-state index is 0.0644. The molecule has 6 nitrogen and oxygen atoms in total. The summed E-state index contributed by atoms with van der Waals surface area (Å²) >= 11 is 0. The average molecular weight is 778 g/mol. The summed E-state index contributed by atoms with van der Waals surface area (Å²) in [5.74, 6) is 1.34. The number of fused-ring (bicyclic) bond motifs is 4. The van der Waals surface area contributed by atoms with Crippen LogP contribution in [0.2, 0.25) is 0 Å². The number of nitrogens with zero attached hydrogens (tertiary/aromatic N) is 5. The van der Waals surface area contributed by atoms with Crippen LogP contribution in [0.25, 0.3) is 61.2 Å². The lowest BCUT2D eigenvalue weighted by atomic mass is 9.88. The molecule has 0 bridgehead atoms. The summed E-state index contributed by atoms with van der Waals surface area (Å²) in [6.45, 7) is 14.0. The Morgan fingerprint density at radius 1 is 0.678 bits per heavy atom. The monoisotopic (exact) mass is 777 g/mol. The molecule has 5 aromatic carbocycles. The minimum Gasteiger partial charge on any atom is -0.456 e. The Balaban J connectivity index is 1.14. The van der Waals surface area contributed by atoms with E-state index in [2.05, 4.69) is 103 Å². The Morgan fingerprint density at radius 3 is 2.17 bits per heavy atom. The molecule has 9 aromatic rings. The molecule has 0 atom stereocenters. The predicted molar refractivity (Wildman–Crippen MR) is 241 cm³/mol. The molecule has 9 rings (SSSR count). The first-order valence-corrected chi connectivity index (χ1v) is 20.4. The van der Waals surface area contributed by atoms with Gasteiger partial charge in [0.15, 0.2) is 0 Å². The molecule has 0 spiro atoms. The molecule has 0 saturated carbocycles. The lowest BCUT2D eigenvalue weighted by Gasteiger charge is -2.20. The van der Waals surface area contributed by atoms with Crippen LogP contribution in [0.4, 0.5) is 0 Å². The Labute approximate surface area is 353 Å². The van der Waals surface area contributed by atoms with Gasteiger partial charge in [-0.1, -0.05) is 126 Å². The van der Waals surface area contributed by atoms with E-state index in [1.165, 1.54) is 5.56 Å². The molecule has 294 valence electrons. The predicted octanol–water partition coefficient (Wildman–Crippen LogP) is 12.7. The number of hydrogen-bond donors (Lipinski definition) is 0. The SMILES string of the molecule is [2H]C([2H])(c1cc(-[n+]2[c-]n(-c3cncc(Oc4ccc5c6cc(-c7ccccc7)ccc6n(-c6cc(C(C)(C)C)ccn6)c5c4)c3)c3ccccc32)cc(C([2H])([2H])C(C)C)c1)C(C)C. The number of imidazole rings is 1. The van der Waals surface area contributed by atoms with Crippen molar-refractivity contribution in [2.45, 2.75) is 66.6 Å². The Bertz CT molecular complexity index is 3120. The fourth-order valence-corrected chi connectivity index (χ4v) is 7.87. The maximum atomic E-state index is 9.00. The normalized spacial score (nSPS) is 13.6. The number of ether oxygens (including phenoxy) is 1. The first kappa shape index (κ1) is 33.4. The van der Waals surface area contributed by atoms with E-state index >= 15 is 0 Å². The van der Waals surface area contributed by atoms with Gasteiger partial charge in [-0.05, 0) is 101 Å². The molecular weight excluding hydrogens is 723 g/mol. The zero-order valence-electron chi connectivity index (χ0n) is 38.7. The van der Waals surface area contributed by atoms with Crippen molar-refractivity contribution >= 4 is 32.8 Å². The van der Waals surface area contributed by atoms with E-state index in [0.717, 1.165) is 49.8 Å². The number of benzene rings is 5. The van der Waals surface area contributed by atoms with Crippen LogP contribution in [0.5, 0.6) is 11.5 Å². The van der Waals surface area contributed by atoms with Crippen molar-refractivity contribution in [3.63, 3.8) is 0 Å². The molecule has 4 aromatic heterocycles. The molecule has 0 aliphatic rings. The summed E-state index contributed by atoms with van der Waals surface area (Å²) < 4.78 is 48.7. The van der Waals surface area contributed by atoms with E-state index in [9.17, 15) is 0 Å². The summed E-state index contributed by atoms with van der Waals surface area (Å²) in [6, 6.07) is 42.6. The van der Waals surface area contributed by atoms with Crippen molar-refractivity contribution in [1.29, 1.82) is 0 Å². The first-order chi connectivity index (χ1) is 30.0. The van der Waals surface area contributed by atoms with Crippen LogP contribution in [-0.2, 0) is 18.2 Å². The molecule has 0 aliphatic carbocycles. The molecular formula is C53H51N5O. The number of pyridine rings is 2. The summed E-state index contributed by atoms with van der Waals surface area (Å²) in [7, 11) is 0. The van der Waals surface area contributed by atoms with Crippen LogP contribution in [0, 0.1) is 18.2 Å². The van der Waals surface area contributed by atoms with Gasteiger partial charge in [-0.15, -0.1) is 0 Å². The highest BCUT2D eigenvalue weighted by molar-refractivity contribution is 6.10. The Morgan fingerprint density at radius 2 is 1.42 bits per heavy atom. The zero-order chi connectivity index (χ0) is 44.4. The van der Waals surface area contributed by atoms with Crippen LogP contribution in [0.15, 0.2) is 146 Å². The van der Waals surface area contributed by atoms with Gasteiger partial charge < -0.3 is 4.74 Å². The first-order valence-electron chi connectivity index (χ1n) is 22.4. The van der Waals surface area contributed by atoms with Crippen LogP contribution < -0.4 is 9.30 Å². The van der Waals surface area contributed by atoms with Gasteiger partial charge in [0, 0.05) is 34.7 Å². The van der Waals surface area contributed by atoms with Gasteiger partial charge in [0.1, 0.15) is 17.3 Å². The molecule has 0 unspecified atom stereocenters. The van der Waals surface area contributed by atoms with E-state index in [0.29, 0.717) is 34.0 Å². The largest absolute Gasteiger partial charge is 0.456 e. The molecule has 59 heavy (non-hydrogen) atoms. The number of aromatic nitrogens is 5.